The Hall–Kier alpha value is -2.54. The molecule has 138 valence electrons. The van der Waals surface area contributed by atoms with Crippen molar-refractivity contribution >= 4 is 15.7 Å². The maximum atomic E-state index is 12.2. The van der Waals surface area contributed by atoms with Crippen LogP contribution in [0.1, 0.15) is 12.0 Å². The molecule has 0 aromatic heterocycles. The van der Waals surface area contributed by atoms with E-state index in [4.69, 9.17) is 9.47 Å². The Balaban J connectivity index is 1.42. The van der Waals surface area contributed by atoms with Crippen molar-refractivity contribution < 1.29 is 22.7 Å². The van der Waals surface area contributed by atoms with E-state index in [1.807, 2.05) is 24.3 Å². The minimum atomic E-state index is -3.20. The molecule has 2 aromatic rings. The van der Waals surface area contributed by atoms with Crippen LogP contribution in [0, 0.1) is 0 Å². The van der Waals surface area contributed by atoms with Gasteiger partial charge in [0.25, 0.3) is 5.91 Å². The number of amides is 1. The number of sulfone groups is 1. The van der Waals surface area contributed by atoms with Crippen LogP contribution >= 0.6 is 0 Å². The SMILES string of the molecule is O=C(NCCCS(=O)(=O)Cc1ccccc1)C1COc2ccccc2O1. The normalized spacial score (nSPS) is 16.1. The van der Waals surface area contributed by atoms with Crippen LogP contribution in [0.4, 0.5) is 0 Å². The third-order valence-corrected chi connectivity index (χ3v) is 5.65. The first kappa shape index (κ1) is 18.3. The molecule has 0 saturated heterocycles. The van der Waals surface area contributed by atoms with Crippen molar-refractivity contribution in [1.29, 1.82) is 0 Å². The molecule has 0 fully saturated rings. The summed E-state index contributed by atoms with van der Waals surface area (Å²) in [6, 6.07) is 16.2. The van der Waals surface area contributed by atoms with E-state index in [2.05, 4.69) is 5.32 Å². The zero-order valence-electron chi connectivity index (χ0n) is 14.3. The summed E-state index contributed by atoms with van der Waals surface area (Å²) in [4.78, 5) is 12.2. The van der Waals surface area contributed by atoms with Crippen LogP contribution in [-0.2, 0) is 20.4 Å². The third-order valence-electron chi connectivity index (χ3n) is 3.96. The molecule has 1 aliphatic heterocycles. The zero-order chi connectivity index (χ0) is 18.4. The van der Waals surface area contributed by atoms with Crippen LogP contribution in [-0.4, -0.2) is 39.3 Å². The third kappa shape index (κ3) is 4.98. The van der Waals surface area contributed by atoms with Crippen LogP contribution in [0.25, 0.3) is 0 Å². The van der Waals surface area contributed by atoms with Gasteiger partial charge >= 0.3 is 0 Å². The molecule has 0 aliphatic carbocycles. The molecule has 1 N–H and O–H groups in total. The van der Waals surface area contributed by atoms with Gasteiger partial charge in [-0.3, -0.25) is 4.79 Å². The molecular formula is C19H21NO5S. The van der Waals surface area contributed by atoms with Crippen molar-refractivity contribution in [3.8, 4) is 11.5 Å². The monoisotopic (exact) mass is 375 g/mol. The Morgan fingerprint density at radius 2 is 1.73 bits per heavy atom. The zero-order valence-corrected chi connectivity index (χ0v) is 15.1. The first-order chi connectivity index (χ1) is 12.5. The highest BCUT2D eigenvalue weighted by molar-refractivity contribution is 7.90. The van der Waals surface area contributed by atoms with Gasteiger partial charge in [-0.25, -0.2) is 8.42 Å². The number of rotatable bonds is 7. The van der Waals surface area contributed by atoms with E-state index < -0.39 is 15.9 Å². The molecule has 0 saturated carbocycles. The maximum Gasteiger partial charge on any atom is 0.264 e. The number of carbonyl (C=O) groups excluding carboxylic acids is 1. The molecular weight excluding hydrogens is 354 g/mol. The average Bonchev–Trinajstić information content (AvgIpc) is 2.65. The quantitative estimate of drug-likeness (QED) is 0.748. The van der Waals surface area contributed by atoms with Gasteiger partial charge in [-0.2, -0.15) is 0 Å². The minimum Gasteiger partial charge on any atom is -0.485 e. The minimum absolute atomic E-state index is 0.0121. The van der Waals surface area contributed by atoms with E-state index in [1.54, 1.807) is 30.3 Å². The van der Waals surface area contributed by atoms with E-state index in [9.17, 15) is 13.2 Å². The summed E-state index contributed by atoms with van der Waals surface area (Å²) in [5.41, 5.74) is 0.767. The number of carbonyl (C=O) groups is 1. The second-order valence-corrected chi connectivity index (χ2v) is 8.27. The predicted molar refractivity (Wildman–Crippen MR) is 97.9 cm³/mol. The number of nitrogens with one attached hydrogen (secondary N) is 1. The fourth-order valence-corrected chi connectivity index (χ4v) is 4.10. The lowest BCUT2D eigenvalue weighted by Crippen LogP contribution is -2.44. The smallest absolute Gasteiger partial charge is 0.264 e. The molecule has 1 aliphatic rings. The second-order valence-electron chi connectivity index (χ2n) is 6.09. The Morgan fingerprint density at radius 3 is 2.50 bits per heavy atom. The van der Waals surface area contributed by atoms with Crippen LogP contribution in [0.3, 0.4) is 0 Å². The van der Waals surface area contributed by atoms with Crippen LogP contribution in [0.2, 0.25) is 0 Å². The molecule has 0 spiro atoms. The van der Waals surface area contributed by atoms with Crippen molar-refractivity contribution in [3.05, 3.63) is 60.2 Å². The highest BCUT2D eigenvalue weighted by Gasteiger charge is 2.26. The molecule has 1 atom stereocenters. The summed E-state index contributed by atoms with van der Waals surface area (Å²) in [7, 11) is -3.20. The molecule has 1 unspecified atom stereocenters. The van der Waals surface area contributed by atoms with E-state index in [-0.39, 0.29) is 30.6 Å². The summed E-state index contributed by atoms with van der Waals surface area (Å²) in [5.74, 6) is 0.874. The van der Waals surface area contributed by atoms with Gasteiger partial charge in [-0.1, -0.05) is 42.5 Å². The molecule has 6 nitrogen and oxygen atoms in total. The van der Waals surface area contributed by atoms with Gasteiger partial charge in [0.2, 0.25) is 6.10 Å². The maximum absolute atomic E-state index is 12.2. The van der Waals surface area contributed by atoms with Gasteiger partial charge in [0, 0.05) is 6.54 Å². The number of benzene rings is 2. The highest BCUT2D eigenvalue weighted by Crippen LogP contribution is 2.30. The Kier molecular flexibility index (Phi) is 5.78. The Bertz CT molecular complexity index is 851. The summed E-state index contributed by atoms with van der Waals surface area (Å²) < 4.78 is 35.4. The molecule has 1 heterocycles. The van der Waals surface area contributed by atoms with Gasteiger partial charge in [-0.05, 0) is 24.1 Å². The van der Waals surface area contributed by atoms with Gasteiger partial charge in [0.05, 0.1) is 11.5 Å². The van der Waals surface area contributed by atoms with Crippen molar-refractivity contribution in [2.45, 2.75) is 18.3 Å². The Morgan fingerprint density at radius 1 is 1.04 bits per heavy atom. The van der Waals surface area contributed by atoms with E-state index in [1.165, 1.54) is 0 Å². The highest BCUT2D eigenvalue weighted by atomic mass is 32.2. The van der Waals surface area contributed by atoms with Gasteiger partial charge < -0.3 is 14.8 Å². The van der Waals surface area contributed by atoms with Crippen molar-refractivity contribution in [1.82, 2.24) is 5.32 Å². The van der Waals surface area contributed by atoms with Crippen LogP contribution in [0.15, 0.2) is 54.6 Å². The van der Waals surface area contributed by atoms with Crippen molar-refractivity contribution in [2.75, 3.05) is 18.9 Å². The van der Waals surface area contributed by atoms with E-state index in [0.717, 1.165) is 5.56 Å². The van der Waals surface area contributed by atoms with Crippen molar-refractivity contribution in [3.63, 3.8) is 0 Å². The average molecular weight is 375 g/mol. The molecule has 26 heavy (non-hydrogen) atoms. The molecule has 3 rings (SSSR count). The Labute approximate surface area is 153 Å². The second kappa shape index (κ2) is 8.23. The predicted octanol–water partition coefficient (Wildman–Crippen LogP) is 1.95. The standard InChI is InChI=1S/C19H21NO5S/c21-19(18-13-24-16-9-4-5-10-17(16)25-18)20-11-6-12-26(22,23)14-15-7-2-1-3-8-15/h1-5,7-10,18H,6,11-14H2,(H,20,21). The lowest BCUT2D eigenvalue weighted by Gasteiger charge is -2.25. The van der Waals surface area contributed by atoms with Gasteiger partial charge in [0.15, 0.2) is 21.3 Å². The largest absolute Gasteiger partial charge is 0.485 e. The summed E-state index contributed by atoms with van der Waals surface area (Å²) in [5, 5.41) is 2.71. The first-order valence-electron chi connectivity index (χ1n) is 8.44. The summed E-state index contributed by atoms with van der Waals surface area (Å²) in [6.07, 6.45) is -0.378. The van der Waals surface area contributed by atoms with Crippen LogP contribution in [0.5, 0.6) is 11.5 Å². The molecule has 0 radical (unpaired) electrons. The summed E-state index contributed by atoms with van der Waals surface area (Å²) >= 11 is 0. The fourth-order valence-electron chi connectivity index (χ4n) is 2.67. The molecule has 0 bridgehead atoms. The lowest BCUT2D eigenvalue weighted by molar-refractivity contribution is -0.130. The summed E-state index contributed by atoms with van der Waals surface area (Å²) in [6.45, 7) is 0.406. The number of hydrogen-bond donors (Lipinski definition) is 1. The van der Waals surface area contributed by atoms with E-state index >= 15 is 0 Å². The number of ether oxygens (including phenoxy) is 2. The first-order valence-corrected chi connectivity index (χ1v) is 10.3. The number of hydrogen-bond acceptors (Lipinski definition) is 5. The number of fused-ring (bicyclic) bond motifs is 1. The molecule has 2 aromatic carbocycles. The molecule has 7 heteroatoms. The van der Waals surface area contributed by atoms with Crippen molar-refractivity contribution in [2.24, 2.45) is 0 Å². The van der Waals surface area contributed by atoms with Crippen LogP contribution < -0.4 is 14.8 Å². The topological polar surface area (TPSA) is 81.7 Å². The number of para-hydroxylation sites is 2. The molecule has 1 amide bonds. The van der Waals surface area contributed by atoms with Gasteiger partial charge in [0.1, 0.15) is 6.61 Å². The van der Waals surface area contributed by atoms with E-state index in [0.29, 0.717) is 17.9 Å². The fraction of sp³-hybridized carbons (Fsp3) is 0.316. The van der Waals surface area contributed by atoms with Gasteiger partial charge in [-0.15, -0.1) is 0 Å². The lowest BCUT2D eigenvalue weighted by atomic mass is 10.2.